The van der Waals surface area contributed by atoms with Crippen molar-refractivity contribution in [2.45, 2.75) is 0 Å². The van der Waals surface area contributed by atoms with E-state index >= 15 is 0 Å². The summed E-state index contributed by atoms with van der Waals surface area (Å²) in [6.07, 6.45) is 0. The highest BCUT2D eigenvalue weighted by Gasteiger charge is 1.58. The largest absolute Gasteiger partial charge is 0.394 e. The molecule has 0 fully saturated rings. The average molecular weight is 246 g/mol. The fraction of sp³-hybridized carbons (Fsp3) is 0.333. The van der Waals surface area contributed by atoms with Gasteiger partial charge in [-0.15, -0.1) is 0 Å². The van der Waals surface area contributed by atoms with Gasteiger partial charge in [-0.3, -0.25) is 0 Å². The molecule has 0 aliphatic carbocycles. The van der Waals surface area contributed by atoms with Crippen LogP contribution >= 0.6 is 48.9 Å². The topological polar surface area (TPSA) is 40.5 Å². The summed E-state index contributed by atoms with van der Waals surface area (Å²) in [5.41, 5.74) is 0. The average Bonchev–Trinajstić information content (AvgIpc) is 2.29. The predicted molar refractivity (Wildman–Crippen MR) is 73.0 cm³/mol. The maximum absolute atomic E-state index is 7.62. The van der Waals surface area contributed by atoms with Gasteiger partial charge in [-0.2, -0.15) is 0 Å². The molecule has 0 atom stereocenters. The van der Waals surface area contributed by atoms with Gasteiger partial charge in [-0.1, -0.05) is 48.9 Å². The molecule has 0 saturated carbocycles. The van der Waals surface area contributed by atoms with Gasteiger partial charge in [0.25, 0.3) is 0 Å². The van der Waals surface area contributed by atoms with E-state index in [1.165, 1.54) is 0 Å². The van der Waals surface area contributed by atoms with Crippen molar-refractivity contribution < 1.29 is 10.2 Å². The summed E-state index contributed by atoms with van der Waals surface area (Å²) in [5, 5.41) is 15.2. The summed E-state index contributed by atoms with van der Waals surface area (Å²) in [5.74, 6) is 11.3. The zero-order valence-corrected chi connectivity index (χ0v) is 10.0. The van der Waals surface area contributed by atoms with Crippen molar-refractivity contribution in [3.05, 3.63) is 0 Å². The van der Waals surface area contributed by atoms with Crippen LogP contribution in [0.25, 0.3) is 0 Å². The molecule has 0 amide bonds. The van der Waals surface area contributed by atoms with Crippen LogP contribution in [0, 0.1) is 0 Å². The molecule has 0 spiro atoms. The van der Waals surface area contributed by atoms with E-state index in [4.69, 9.17) is 10.2 Å². The van der Waals surface area contributed by atoms with Crippen LogP contribution in [0.2, 0.25) is 0 Å². The number of rotatable bonds is 1. The lowest BCUT2D eigenvalue weighted by molar-refractivity contribution is 0.186. The third kappa shape index (κ3) is 540. The fourth-order valence-electron chi connectivity index (χ4n) is 0. The zero-order valence-electron chi connectivity index (χ0n) is 6.77. The van der Waals surface area contributed by atoms with Crippen molar-refractivity contribution in [2.75, 3.05) is 13.2 Å². The summed E-state index contributed by atoms with van der Waals surface area (Å²) < 4.78 is 0. The standard InChI is InChI=1S/C2H6O2.4CH2S/c3-1-2-4;4*1-2/h3-4H,1-2H2;4*1H2. The molecular weight excluding hydrogens is 232 g/mol. The minimum absolute atomic E-state index is 0.125. The number of hydrogen-bond donors (Lipinski definition) is 2. The van der Waals surface area contributed by atoms with Crippen LogP contribution in [0.1, 0.15) is 0 Å². The van der Waals surface area contributed by atoms with Gasteiger partial charge in [0.05, 0.1) is 13.2 Å². The van der Waals surface area contributed by atoms with Gasteiger partial charge in [0.15, 0.2) is 0 Å². The number of thiocarbonyl (C=S) groups is 4. The molecule has 0 radical (unpaired) electrons. The van der Waals surface area contributed by atoms with Crippen LogP contribution in [0.15, 0.2) is 0 Å². The molecule has 12 heavy (non-hydrogen) atoms. The van der Waals surface area contributed by atoms with E-state index in [0.29, 0.717) is 0 Å². The highest BCUT2D eigenvalue weighted by atomic mass is 32.1. The molecule has 0 aliphatic heterocycles. The molecule has 2 N–H and O–H groups in total. The van der Waals surface area contributed by atoms with E-state index < -0.39 is 0 Å². The van der Waals surface area contributed by atoms with Crippen molar-refractivity contribution >= 4 is 72.4 Å². The SMILES string of the molecule is C=S.C=S.C=S.C=S.OCCO. The predicted octanol–water partition coefficient (Wildman–Crippen LogP) is 1.43. The van der Waals surface area contributed by atoms with Gasteiger partial charge >= 0.3 is 0 Å². The fourth-order valence-corrected chi connectivity index (χ4v) is 0. The van der Waals surface area contributed by atoms with E-state index in [0.717, 1.165) is 0 Å². The minimum atomic E-state index is -0.125. The van der Waals surface area contributed by atoms with Crippen LogP contribution in [0.3, 0.4) is 0 Å². The quantitative estimate of drug-likeness (QED) is 0.682. The Hall–Kier alpha value is 0.280. The number of aliphatic hydroxyl groups is 2. The minimum Gasteiger partial charge on any atom is -0.394 e. The highest BCUT2D eigenvalue weighted by Crippen LogP contribution is 1.39. The van der Waals surface area contributed by atoms with Crippen LogP contribution in [-0.4, -0.2) is 46.9 Å². The molecule has 2 nitrogen and oxygen atoms in total. The normalized spacial score (nSPS) is 3.83. The summed E-state index contributed by atoms with van der Waals surface area (Å²) in [4.78, 5) is 0. The van der Waals surface area contributed by atoms with E-state index in [2.05, 4.69) is 72.4 Å². The second-order valence-electron chi connectivity index (χ2n) is 0.447. The lowest BCUT2D eigenvalue weighted by atomic mass is 10.8. The van der Waals surface area contributed by atoms with Crippen molar-refractivity contribution in [1.29, 1.82) is 0 Å². The third-order valence-corrected chi connectivity index (χ3v) is 0.1000. The summed E-state index contributed by atoms with van der Waals surface area (Å²) in [6, 6.07) is 0. The zero-order chi connectivity index (χ0) is 11.4. The van der Waals surface area contributed by atoms with Gasteiger partial charge in [0.1, 0.15) is 0 Å². The molecule has 0 unspecified atom stereocenters. The second-order valence-corrected chi connectivity index (χ2v) is 0.447. The van der Waals surface area contributed by atoms with Crippen LogP contribution in [-0.2, 0) is 0 Å². The van der Waals surface area contributed by atoms with Crippen LogP contribution < -0.4 is 0 Å². The Labute approximate surface area is 95.6 Å². The van der Waals surface area contributed by atoms with E-state index in [1.54, 1.807) is 0 Å². The molecule has 0 aromatic heterocycles. The Morgan fingerprint density at radius 1 is 0.583 bits per heavy atom. The van der Waals surface area contributed by atoms with E-state index in [1.807, 2.05) is 0 Å². The van der Waals surface area contributed by atoms with Gasteiger partial charge < -0.3 is 10.2 Å². The Morgan fingerprint density at radius 2 is 0.667 bits per heavy atom. The highest BCUT2D eigenvalue weighted by molar-refractivity contribution is 7.78. The lowest BCUT2D eigenvalue weighted by Crippen LogP contribution is -1.85. The van der Waals surface area contributed by atoms with Gasteiger partial charge in [0.2, 0.25) is 0 Å². The first-order valence-corrected chi connectivity index (χ1v) is 4.60. The Kier molecular flexibility index (Phi) is 563. The van der Waals surface area contributed by atoms with E-state index in [9.17, 15) is 0 Å². The number of hydrogen-bond acceptors (Lipinski definition) is 6. The Balaban J connectivity index is -0.0000000181. The molecule has 6 heteroatoms. The van der Waals surface area contributed by atoms with Gasteiger partial charge in [-0.25, -0.2) is 0 Å². The Bertz CT molecular complexity index is 38.5. The molecule has 74 valence electrons. The van der Waals surface area contributed by atoms with Crippen molar-refractivity contribution in [3.8, 4) is 0 Å². The molecule has 0 bridgehead atoms. The maximum atomic E-state index is 7.62. The third-order valence-electron chi connectivity index (χ3n) is 0.1000. The number of aliphatic hydroxyl groups excluding tert-OH is 2. The van der Waals surface area contributed by atoms with Gasteiger partial charge in [0, 0.05) is 0 Å². The molecule has 0 heterocycles. The molecule has 0 saturated heterocycles. The first kappa shape index (κ1) is 29.5. The smallest absolute Gasteiger partial charge is 0.0662 e. The van der Waals surface area contributed by atoms with Gasteiger partial charge in [-0.05, 0) is 23.5 Å². The second kappa shape index (κ2) is 229. The molecule has 0 rings (SSSR count). The summed E-state index contributed by atoms with van der Waals surface area (Å²) >= 11 is 15.3. The Morgan fingerprint density at radius 3 is 0.667 bits per heavy atom. The van der Waals surface area contributed by atoms with Crippen LogP contribution in [0.4, 0.5) is 0 Å². The molecular formula is C6H14O2S4. The molecule has 0 aromatic carbocycles. The summed E-state index contributed by atoms with van der Waals surface area (Å²) in [7, 11) is 0. The maximum Gasteiger partial charge on any atom is 0.0662 e. The van der Waals surface area contributed by atoms with Crippen molar-refractivity contribution in [2.24, 2.45) is 0 Å². The lowest BCUT2D eigenvalue weighted by Gasteiger charge is -1.70. The first-order valence-electron chi connectivity index (χ1n) is 2.29. The van der Waals surface area contributed by atoms with E-state index in [-0.39, 0.29) is 13.2 Å². The monoisotopic (exact) mass is 246 g/mol. The van der Waals surface area contributed by atoms with Crippen molar-refractivity contribution in [3.63, 3.8) is 0 Å². The first-order chi connectivity index (χ1) is 5.91. The van der Waals surface area contributed by atoms with Crippen molar-refractivity contribution in [1.82, 2.24) is 0 Å². The van der Waals surface area contributed by atoms with Crippen LogP contribution in [0.5, 0.6) is 0 Å². The summed E-state index contributed by atoms with van der Waals surface area (Å²) in [6.45, 7) is -0.250. The molecule has 0 aromatic rings. The molecule has 0 aliphatic rings.